The highest BCUT2D eigenvalue weighted by Gasteiger charge is 2.41. The summed E-state index contributed by atoms with van der Waals surface area (Å²) in [5.74, 6) is 0.674. The van der Waals surface area contributed by atoms with Crippen molar-refractivity contribution in [3.8, 4) is 0 Å². The molecule has 2 aliphatic rings. The van der Waals surface area contributed by atoms with Gasteiger partial charge in [-0.1, -0.05) is 6.07 Å². The third kappa shape index (κ3) is 3.11. The lowest BCUT2D eigenvalue weighted by Crippen LogP contribution is -2.43. The van der Waals surface area contributed by atoms with Crippen molar-refractivity contribution in [2.45, 2.75) is 72.6 Å². The molecule has 172 valence electrons. The van der Waals surface area contributed by atoms with Crippen LogP contribution in [0.3, 0.4) is 0 Å². The van der Waals surface area contributed by atoms with Gasteiger partial charge in [-0.3, -0.25) is 0 Å². The Balaban J connectivity index is 1.67. The summed E-state index contributed by atoms with van der Waals surface area (Å²) in [6.45, 7) is -2.76. The summed E-state index contributed by atoms with van der Waals surface area (Å²) in [7, 11) is 0. The zero-order chi connectivity index (χ0) is 32.8. The van der Waals surface area contributed by atoms with Crippen molar-refractivity contribution in [2.75, 3.05) is 19.6 Å². The molecule has 0 amide bonds. The summed E-state index contributed by atoms with van der Waals surface area (Å²) in [6.07, 6.45) is 3.88. The molecule has 0 spiro atoms. The Morgan fingerprint density at radius 2 is 1.18 bits per heavy atom. The fraction of sp³-hybridized carbons (Fsp3) is 0.440. The Hall–Kier alpha value is -3.42. The fourth-order valence-electron chi connectivity index (χ4n) is 4.76. The standard InChI is InChI=1S/C25H32N8/c1-15(2)30-18(6)32(24-22(30)26-11-13-28-24)20-9-8-10-21(17(20)5)33-19(7)31(16(3)4)23-25(33)29-14-12-27-23/h8-16,18-19H,1-7H3/t18-,19+/i1D3,2D3,3D3,15D,16D/t16?,18-,19+/m1/s1. The van der Waals surface area contributed by atoms with Gasteiger partial charge in [0.2, 0.25) is 0 Å². The molecule has 0 saturated heterocycles. The second-order valence-electron chi connectivity index (χ2n) is 8.01. The molecule has 0 fully saturated rings. The van der Waals surface area contributed by atoms with E-state index in [1.165, 1.54) is 36.6 Å². The fourth-order valence-corrected chi connectivity index (χ4v) is 4.76. The molecule has 0 N–H and O–H groups in total. The third-order valence-electron chi connectivity index (χ3n) is 6.13. The molecule has 33 heavy (non-hydrogen) atoms. The van der Waals surface area contributed by atoms with E-state index < -0.39 is 44.9 Å². The maximum atomic E-state index is 8.92. The van der Waals surface area contributed by atoms with Crippen LogP contribution in [-0.4, -0.2) is 44.3 Å². The average molecular weight is 456 g/mol. The van der Waals surface area contributed by atoms with Crippen LogP contribution in [0.15, 0.2) is 43.0 Å². The number of hydrogen-bond donors (Lipinski definition) is 0. The van der Waals surface area contributed by atoms with E-state index in [0.717, 1.165) is 4.90 Å². The lowest BCUT2D eigenvalue weighted by molar-refractivity contribution is 0.598. The Kier molecular flexibility index (Phi) is 2.90. The molecule has 0 radical (unpaired) electrons. The minimum Gasteiger partial charge on any atom is -0.330 e. The van der Waals surface area contributed by atoms with E-state index in [-0.39, 0.29) is 17.5 Å². The van der Waals surface area contributed by atoms with Crippen LogP contribution in [0, 0.1) is 6.92 Å². The first-order valence-electron chi connectivity index (χ1n) is 16.1. The van der Waals surface area contributed by atoms with Gasteiger partial charge in [0.25, 0.3) is 0 Å². The minimum atomic E-state index is -3.25. The van der Waals surface area contributed by atoms with Crippen LogP contribution < -0.4 is 19.6 Å². The van der Waals surface area contributed by atoms with Crippen LogP contribution >= 0.6 is 0 Å². The second kappa shape index (κ2) is 7.86. The zero-order valence-corrected chi connectivity index (χ0v) is 18.8. The summed E-state index contributed by atoms with van der Waals surface area (Å²) < 4.78 is 90.5. The normalized spacial score (nSPS) is 27.8. The van der Waals surface area contributed by atoms with E-state index in [0.29, 0.717) is 22.8 Å². The zero-order valence-electron chi connectivity index (χ0n) is 29.8. The first-order valence-corrected chi connectivity index (χ1v) is 10.6. The van der Waals surface area contributed by atoms with Crippen LogP contribution in [0.4, 0.5) is 34.6 Å². The maximum absolute atomic E-state index is 8.92. The molecule has 2 aliphatic heterocycles. The molecule has 0 saturated carbocycles. The Bertz CT molecular complexity index is 1560. The van der Waals surface area contributed by atoms with E-state index in [2.05, 4.69) is 19.9 Å². The number of hydrogen-bond acceptors (Lipinski definition) is 8. The number of nitrogens with zero attached hydrogens (tertiary/aromatic N) is 8. The number of anilines is 6. The van der Waals surface area contributed by atoms with Crippen molar-refractivity contribution < 1.29 is 15.1 Å². The summed E-state index contributed by atoms with van der Waals surface area (Å²) in [6, 6.07) is 0.165. The van der Waals surface area contributed by atoms with Crippen molar-refractivity contribution in [1.82, 2.24) is 19.9 Å². The van der Waals surface area contributed by atoms with E-state index in [9.17, 15) is 0 Å². The minimum absolute atomic E-state index is 0.0633. The molecule has 0 aliphatic carbocycles. The van der Waals surface area contributed by atoms with E-state index >= 15 is 0 Å². The molecule has 8 nitrogen and oxygen atoms in total. The Labute approximate surface area is 211 Å². The Morgan fingerprint density at radius 3 is 1.64 bits per heavy atom. The van der Waals surface area contributed by atoms with Gasteiger partial charge in [-0.25, -0.2) is 19.9 Å². The summed E-state index contributed by atoms with van der Waals surface area (Å²) >= 11 is 0. The summed E-state index contributed by atoms with van der Waals surface area (Å²) in [5.41, 5.74) is 1.72. The van der Waals surface area contributed by atoms with Crippen LogP contribution in [-0.2, 0) is 0 Å². The molecule has 5 rings (SSSR count). The molecule has 2 aromatic heterocycles. The van der Waals surface area contributed by atoms with Crippen LogP contribution in [0.25, 0.3) is 0 Å². The highest BCUT2D eigenvalue weighted by atomic mass is 15.5. The van der Waals surface area contributed by atoms with Gasteiger partial charge in [0.05, 0.1) is 2.74 Å². The highest BCUT2D eigenvalue weighted by Crippen LogP contribution is 2.48. The van der Waals surface area contributed by atoms with Gasteiger partial charge in [0.15, 0.2) is 23.3 Å². The molecule has 1 aromatic carbocycles. The first-order chi connectivity index (χ1) is 20.2. The topological polar surface area (TPSA) is 64.5 Å². The predicted octanol–water partition coefficient (Wildman–Crippen LogP) is 5.00. The highest BCUT2D eigenvalue weighted by molar-refractivity contribution is 5.85. The van der Waals surface area contributed by atoms with Gasteiger partial charge in [-0.2, -0.15) is 0 Å². The number of benzene rings is 1. The SMILES string of the molecule is [2H]C([2H])([2H])C([2H])(C)N1c2nccnc2N(c2cccc(N3c4nccnc4N(C([2H])(C([2H])([2H])[2H])C([2H])([2H])[2H])[C@H]3C)c2C)[C@H]1C. The van der Waals surface area contributed by atoms with Crippen molar-refractivity contribution in [1.29, 1.82) is 0 Å². The molecule has 1 unspecified atom stereocenters. The maximum Gasteiger partial charge on any atom is 0.178 e. The van der Waals surface area contributed by atoms with Gasteiger partial charge in [0, 0.05) is 60.5 Å². The molecular weight excluding hydrogens is 412 g/mol. The lowest BCUT2D eigenvalue weighted by Gasteiger charge is -2.35. The largest absolute Gasteiger partial charge is 0.330 e. The quantitative estimate of drug-likeness (QED) is 0.545. The molecule has 0 bridgehead atoms. The average Bonchev–Trinajstić information content (AvgIpc) is 3.37. The third-order valence-corrected chi connectivity index (χ3v) is 6.13. The number of aromatic nitrogens is 4. The molecule has 3 aromatic rings. The van der Waals surface area contributed by atoms with Crippen LogP contribution in [0.5, 0.6) is 0 Å². The monoisotopic (exact) mass is 455 g/mol. The van der Waals surface area contributed by atoms with Crippen molar-refractivity contribution in [2.24, 2.45) is 0 Å². The van der Waals surface area contributed by atoms with Gasteiger partial charge < -0.3 is 19.6 Å². The van der Waals surface area contributed by atoms with Crippen molar-refractivity contribution >= 4 is 34.6 Å². The van der Waals surface area contributed by atoms with E-state index in [1.807, 2.05) is 0 Å². The number of fused-ring (bicyclic) bond motifs is 2. The second-order valence-corrected chi connectivity index (χ2v) is 8.01. The van der Waals surface area contributed by atoms with Crippen LogP contribution in [0.2, 0.25) is 0 Å². The van der Waals surface area contributed by atoms with Crippen LogP contribution in [0.1, 0.15) is 62.0 Å². The smallest absolute Gasteiger partial charge is 0.178 e. The van der Waals surface area contributed by atoms with E-state index in [4.69, 9.17) is 15.1 Å². The van der Waals surface area contributed by atoms with Gasteiger partial charge >= 0.3 is 0 Å². The predicted molar refractivity (Wildman–Crippen MR) is 134 cm³/mol. The van der Waals surface area contributed by atoms with Gasteiger partial charge in [-0.15, -0.1) is 0 Å². The lowest BCUT2D eigenvalue weighted by atomic mass is 10.1. The van der Waals surface area contributed by atoms with Crippen molar-refractivity contribution in [3.05, 3.63) is 48.5 Å². The van der Waals surface area contributed by atoms with Gasteiger partial charge in [0.1, 0.15) is 12.3 Å². The Morgan fingerprint density at radius 1 is 0.758 bits per heavy atom. The molecular formula is C25H32N8. The number of rotatable bonds is 4. The van der Waals surface area contributed by atoms with Gasteiger partial charge in [-0.05, 0) is 65.9 Å². The van der Waals surface area contributed by atoms with Crippen molar-refractivity contribution in [3.63, 3.8) is 0 Å². The van der Waals surface area contributed by atoms with E-state index in [1.54, 1.807) is 48.8 Å². The molecule has 4 heterocycles. The summed E-state index contributed by atoms with van der Waals surface area (Å²) in [5, 5.41) is 0. The molecule has 3 atom stereocenters. The molecule has 8 heteroatoms. The first kappa shape index (κ1) is 12.2. The summed E-state index contributed by atoms with van der Waals surface area (Å²) in [4.78, 5) is 23.4.